The third-order valence-corrected chi connectivity index (χ3v) is 4.50. The van der Waals surface area contributed by atoms with E-state index in [0.29, 0.717) is 3.95 Å². The molecular formula is C12H13F3N2OS2. The molecule has 0 spiro atoms. The number of aryl methyl sites for hydroxylation is 1. The first-order valence-electron chi connectivity index (χ1n) is 6.00. The van der Waals surface area contributed by atoms with Crippen LogP contribution in [-0.2, 0) is 11.2 Å². The van der Waals surface area contributed by atoms with Gasteiger partial charge in [0.2, 0.25) is 5.91 Å². The number of amides is 1. The normalized spacial score (nSPS) is 16.2. The number of hydrogen-bond donors (Lipinski definition) is 1. The number of halogens is 3. The van der Waals surface area contributed by atoms with Gasteiger partial charge in [0.25, 0.3) is 0 Å². The van der Waals surface area contributed by atoms with Crippen molar-refractivity contribution in [2.24, 2.45) is 0 Å². The Balaban J connectivity index is 2.01. The van der Waals surface area contributed by atoms with Gasteiger partial charge < -0.3 is 9.88 Å². The molecule has 1 amide bonds. The Morgan fingerprint density at radius 1 is 1.55 bits per heavy atom. The van der Waals surface area contributed by atoms with Crippen molar-refractivity contribution in [3.05, 3.63) is 26.2 Å². The Morgan fingerprint density at radius 3 is 2.70 bits per heavy atom. The van der Waals surface area contributed by atoms with E-state index in [9.17, 15) is 18.0 Å². The number of hydrogen-bond acceptors (Lipinski definition) is 3. The fraction of sp³-hybridized carbons (Fsp3) is 0.500. The van der Waals surface area contributed by atoms with Crippen LogP contribution in [0.3, 0.4) is 0 Å². The summed E-state index contributed by atoms with van der Waals surface area (Å²) >= 11 is 6.32. The highest BCUT2D eigenvalue weighted by Crippen LogP contribution is 2.30. The van der Waals surface area contributed by atoms with Crippen molar-refractivity contribution in [1.82, 2.24) is 9.88 Å². The Kier molecular flexibility index (Phi) is 4.33. The molecule has 0 saturated heterocycles. The van der Waals surface area contributed by atoms with Gasteiger partial charge in [-0.3, -0.25) is 4.79 Å². The van der Waals surface area contributed by atoms with E-state index in [1.807, 2.05) is 6.92 Å². The minimum Gasteiger partial charge on any atom is -0.341 e. The lowest BCUT2D eigenvalue weighted by atomic mass is 10.1. The molecule has 0 fully saturated rings. The summed E-state index contributed by atoms with van der Waals surface area (Å²) in [6, 6.07) is 0. The van der Waals surface area contributed by atoms with Crippen molar-refractivity contribution in [3.8, 4) is 0 Å². The number of aromatic amines is 1. The second-order valence-electron chi connectivity index (χ2n) is 4.56. The first-order valence-corrected chi connectivity index (χ1v) is 7.22. The van der Waals surface area contributed by atoms with Crippen LogP contribution in [-0.4, -0.2) is 35.1 Å². The number of nitrogens with zero attached hydrogens (tertiary/aromatic N) is 1. The summed E-state index contributed by atoms with van der Waals surface area (Å²) in [5, 5.41) is 0. The maximum atomic E-state index is 12.5. The number of nitrogens with one attached hydrogen (secondary N) is 1. The van der Waals surface area contributed by atoms with Crippen LogP contribution in [0.2, 0.25) is 0 Å². The molecule has 0 bridgehead atoms. The average molecular weight is 322 g/mol. The maximum Gasteiger partial charge on any atom is 0.412 e. The number of alkyl halides is 3. The van der Waals surface area contributed by atoms with Crippen LogP contribution in [0.4, 0.5) is 13.2 Å². The predicted octanol–water partition coefficient (Wildman–Crippen LogP) is 3.38. The van der Waals surface area contributed by atoms with Crippen molar-refractivity contribution >= 4 is 29.5 Å². The predicted molar refractivity (Wildman–Crippen MR) is 73.3 cm³/mol. The van der Waals surface area contributed by atoms with Gasteiger partial charge in [0.05, 0.1) is 6.42 Å². The van der Waals surface area contributed by atoms with Gasteiger partial charge >= 0.3 is 6.18 Å². The third kappa shape index (κ3) is 3.49. The summed E-state index contributed by atoms with van der Waals surface area (Å²) < 4.78 is 38.1. The minimum absolute atomic E-state index is 0.0164. The fourth-order valence-corrected chi connectivity index (χ4v) is 3.29. The van der Waals surface area contributed by atoms with Crippen LogP contribution >= 0.6 is 23.6 Å². The molecule has 1 N–H and O–H groups in total. The van der Waals surface area contributed by atoms with E-state index in [-0.39, 0.29) is 31.8 Å². The molecule has 2 rings (SSSR count). The van der Waals surface area contributed by atoms with Crippen LogP contribution in [0.25, 0.3) is 0 Å². The Labute approximate surface area is 123 Å². The van der Waals surface area contributed by atoms with E-state index in [0.717, 1.165) is 16.6 Å². The van der Waals surface area contributed by atoms with Crippen molar-refractivity contribution in [2.45, 2.75) is 25.9 Å². The van der Waals surface area contributed by atoms with Crippen molar-refractivity contribution in [3.63, 3.8) is 0 Å². The Bertz CT molecular complexity index is 601. The van der Waals surface area contributed by atoms with Crippen LogP contribution in [0, 0.1) is 10.9 Å². The molecular weight excluding hydrogens is 309 g/mol. The molecule has 0 aliphatic carbocycles. The molecule has 2 heterocycles. The van der Waals surface area contributed by atoms with E-state index in [1.165, 1.54) is 16.2 Å². The molecule has 0 saturated carbocycles. The Hall–Kier alpha value is -1.15. The molecule has 1 aromatic heterocycles. The molecule has 0 radical (unpaired) electrons. The van der Waals surface area contributed by atoms with Gasteiger partial charge in [-0.2, -0.15) is 13.2 Å². The van der Waals surface area contributed by atoms with Crippen molar-refractivity contribution in [2.75, 3.05) is 13.1 Å². The second-order valence-corrected chi connectivity index (χ2v) is 6.33. The summed E-state index contributed by atoms with van der Waals surface area (Å²) in [6.07, 6.45) is -3.16. The smallest absolute Gasteiger partial charge is 0.341 e. The van der Waals surface area contributed by atoms with E-state index in [2.05, 4.69) is 4.98 Å². The van der Waals surface area contributed by atoms with Gasteiger partial charge in [-0.15, -0.1) is 11.3 Å². The third-order valence-electron chi connectivity index (χ3n) is 3.16. The first kappa shape index (κ1) is 15.2. The molecule has 1 aliphatic heterocycles. The molecule has 8 heteroatoms. The maximum absolute atomic E-state index is 12.5. The van der Waals surface area contributed by atoms with Gasteiger partial charge in [0.1, 0.15) is 0 Å². The zero-order valence-electron chi connectivity index (χ0n) is 10.7. The van der Waals surface area contributed by atoms with Gasteiger partial charge in [-0.05, 0) is 25.6 Å². The first-order chi connectivity index (χ1) is 9.27. The topological polar surface area (TPSA) is 36.1 Å². The number of carbonyl (C=O) groups is 1. The lowest BCUT2D eigenvalue weighted by Crippen LogP contribution is -2.37. The monoisotopic (exact) mass is 322 g/mol. The molecule has 0 unspecified atom stereocenters. The Morgan fingerprint density at radius 2 is 2.25 bits per heavy atom. The molecule has 1 aliphatic rings. The van der Waals surface area contributed by atoms with Crippen molar-refractivity contribution in [1.29, 1.82) is 0 Å². The highest BCUT2D eigenvalue weighted by Gasteiger charge is 2.35. The SMILES string of the molecule is Cc1[nH]c(=S)sc1CC(=O)N1CC=C(C(F)(F)F)CC1. The van der Waals surface area contributed by atoms with Crippen LogP contribution in [0.5, 0.6) is 0 Å². The zero-order valence-corrected chi connectivity index (χ0v) is 12.3. The minimum atomic E-state index is -4.29. The lowest BCUT2D eigenvalue weighted by molar-refractivity contribution is -0.131. The number of rotatable bonds is 2. The van der Waals surface area contributed by atoms with Gasteiger partial charge in [0, 0.05) is 29.2 Å². The summed E-state index contributed by atoms with van der Waals surface area (Å²) in [6.45, 7) is 1.95. The average Bonchev–Trinajstić information content (AvgIpc) is 2.67. The van der Waals surface area contributed by atoms with E-state index >= 15 is 0 Å². The van der Waals surface area contributed by atoms with E-state index in [1.54, 1.807) is 0 Å². The largest absolute Gasteiger partial charge is 0.412 e. The van der Waals surface area contributed by atoms with Gasteiger partial charge in [0.15, 0.2) is 3.95 Å². The standard InChI is InChI=1S/C12H13F3N2OS2/c1-7-9(20-11(19)16-7)6-10(18)17-4-2-8(3-5-17)12(13,14)15/h2H,3-6H2,1H3,(H,16,19). The van der Waals surface area contributed by atoms with Crippen LogP contribution in [0.15, 0.2) is 11.6 Å². The summed E-state index contributed by atoms with van der Waals surface area (Å²) in [5.41, 5.74) is 0.298. The van der Waals surface area contributed by atoms with E-state index < -0.39 is 11.7 Å². The molecule has 0 atom stereocenters. The molecule has 110 valence electrons. The summed E-state index contributed by atoms with van der Waals surface area (Å²) in [7, 11) is 0. The number of H-pyrrole nitrogens is 1. The second kappa shape index (κ2) is 5.69. The van der Waals surface area contributed by atoms with Gasteiger partial charge in [-0.1, -0.05) is 6.08 Å². The quantitative estimate of drug-likeness (QED) is 0.669. The van der Waals surface area contributed by atoms with Gasteiger partial charge in [-0.25, -0.2) is 0 Å². The zero-order chi connectivity index (χ0) is 14.9. The summed E-state index contributed by atoms with van der Waals surface area (Å²) in [5.74, 6) is -0.171. The summed E-state index contributed by atoms with van der Waals surface area (Å²) in [4.78, 5) is 17.3. The highest BCUT2D eigenvalue weighted by atomic mass is 32.1. The van der Waals surface area contributed by atoms with Crippen LogP contribution in [0.1, 0.15) is 17.0 Å². The number of carbonyl (C=O) groups excluding carboxylic acids is 1. The van der Waals surface area contributed by atoms with Crippen molar-refractivity contribution < 1.29 is 18.0 Å². The molecule has 0 aromatic carbocycles. The molecule has 20 heavy (non-hydrogen) atoms. The van der Waals surface area contributed by atoms with E-state index in [4.69, 9.17) is 12.2 Å². The molecule has 1 aromatic rings. The molecule has 3 nitrogen and oxygen atoms in total. The highest BCUT2D eigenvalue weighted by molar-refractivity contribution is 7.73. The lowest BCUT2D eigenvalue weighted by Gasteiger charge is -2.27. The number of aromatic nitrogens is 1. The fourth-order valence-electron chi connectivity index (χ4n) is 2.01. The number of thiazole rings is 1. The van der Waals surface area contributed by atoms with Crippen LogP contribution < -0.4 is 0 Å².